The van der Waals surface area contributed by atoms with Gasteiger partial charge in [0, 0.05) is 0 Å². The van der Waals surface area contributed by atoms with Gasteiger partial charge in [-0.05, 0) is 53.4 Å². The third-order valence-corrected chi connectivity index (χ3v) is 5.71. The summed E-state index contributed by atoms with van der Waals surface area (Å²) in [5.41, 5.74) is -0.608. The average Bonchev–Trinajstić information content (AvgIpc) is 3.09. The van der Waals surface area contributed by atoms with E-state index >= 15 is 0 Å². The average molecular weight is 513 g/mol. The zero-order chi connectivity index (χ0) is 29.3. The van der Waals surface area contributed by atoms with E-state index in [1.54, 1.807) is 27.7 Å². The Morgan fingerprint density at radius 3 is 1.06 bits per heavy atom. The summed E-state index contributed by atoms with van der Waals surface area (Å²) in [6.45, 7) is 22.6. The molecule has 0 spiro atoms. The van der Waals surface area contributed by atoms with Gasteiger partial charge >= 0.3 is 23.9 Å². The van der Waals surface area contributed by atoms with Gasteiger partial charge in [-0.25, -0.2) is 0 Å². The number of aliphatic carboxylic acids is 4. The van der Waals surface area contributed by atoms with Crippen molar-refractivity contribution in [3.05, 3.63) is 35.5 Å². The van der Waals surface area contributed by atoms with E-state index < -0.39 is 34.7 Å². The highest BCUT2D eigenvalue weighted by molar-refractivity contribution is 6.00. The summed E-state index contributed by atoms with van der Waals surface area (Å²) in [7, 11) is 0. The first kappa shape index (κ1) is 37.6. The zero-order valence-corrected chi connectivity index (χ0v) is 23.5. The van der Waals surface area contributed by atoms with Gasteiger partial charge in [0.05, 0.1) is 0 Å². The zero-order valence-electron chi connectivity index (χ0n) is 23.5. The maximum atomic E-state index is 11.1. The third kappa shape index (κ3) is 12.7. The topological polar surface area (TPSA) is 149 Å². The van der Waals surface area contributed by atoms with Crippen molar-refractivity contribution in [2.75, 3.05) is 0 Å². The molecule has 0 fully saturated rings. The molecule has 1 aliphatic carbocycles. The number of unbranched alkanes of at least 4 members (excludes halogenated alkanes) is 2. The Morgan fingerprint density at radius 1 is 0.694 bits per heavy atom. The number of rotatable bonds is 10. The lowest BCUT2D eigenvalue weighted by atomic mass is 9.77. The van der Waals surface area contributed by atoms with Crippen LogP contribution >= 0.6 is 0 Å². The molecule has 8 nitrogen and oxygen atoms in total. The van der Waals surface area contributed by atoms with Crippen molar-refractivity contribution < 1.29 is 39.6 Å². The summed E-state index contributed by atoms with van der Waals surface area (Å²) < 4.78 is 0. The minimum absolute atomic E-state index is 0.0788. The molecule has 0 radical (unpaired) electrons. The predicted octanol–water partition coefficient (Wildman–Crippen LogP) is 6.96. The highest BCUT2D eigenvalue weighted by Crippen LogP contribution is 2.42. The smallest absolute Gasteiger partial charge is 0.321 e. The first-order chi connectivity index (χ1) is 16.4. The molecular weight excluding hydrogens is 464 g/mol. The van der Waals surface area contributed by atoms with Crippen molar-refractivity contribution in [3.8, 4) is 0 Å². The fourth-order valence-electron chi connectivity index (χ4n) is 3.15. The van der Waals surface area contributed by atoms with Gasteiger partial charge in [0.1, 0.15) is 0 Å². The van der Waals surface area contributed by atoms with Gasteiger partial charge in [-0.2, -0.15) is 0 Å². The molecule has 0 amide bonds. The van der Waals surface area contributed by atoms with E-state index in [9.17, 15) is 19.2 Å². The van der Waals surface area contributed by atoms with E-state index in [-0.39, 0.29) is 25.7 Å². The van der Waals surface area contributed by atoms with Crippen LogP contribution in [0.15, 0.2) is 35.5 Å². The van der Waals surface area contributed by atoms with Gasteiger partial charge in [-0.1, -0.05) is 75.7 Å². The number of allylic oxidation sites excluding steroid dienone is 4. The third-order valence-electron chi connectivity index (χ3n) is 5.71. The second-order valence-corrected chi connectivity index (χ2v) is 9.57. The summed E-state index contributed by atoms with van der Waals surface area (Å²) in [5.74, 6) is -5.17. The van der Waals surface area contributed by atoms with Crippen molar-refractivity contribution >= 4 is 23.9 Å². The summed E-state index contributed by atoms with van der Waals surface area (Å²) in [4.78, 5) is 43.8. The molecule has 0 unspecified atom stereocenters. The van der Waals surface area contributed by atoms with Gasteiger partial charge in [0.15, 0.2) is 10.8 Å². The van der Waals surface area contributed by atoms with Gasteiger partial charge < -0.3 is 20.4 Å². The summed E-state index contributed by atoms with van der Waals surface area (Å²) in [6.07, 6.45) is 5.38. The van der Waals surface area contributed by atoms with E-state index in [1.165, 1.54) is 25.7 Å². The van der Waals surface area contributed by atoms with Crippen LogP contribution < -0.4 is 0 Å². The highest BCUT2D eigenvalue weighted by Gasteiger charge is 2.50. The van der Waals surface area contributed by atoms with Crippen molar-refractivity contribution in [2.24, 2.45) is 10.8 Å². The SMILES string of the molecule is C=C(C)CC(CC(=C)C)(C(=O)O)C(=O)O.CC1=C(C)CC(C(=O)O)(C(=O)O)C1.CCCC.CCCC. The Labute approximate surface area is 216 Å². The lowest BCUT2D eigenvalue weighted by molar-refractivity contribution is -0.166. The van der Waals surface area contributed by atoms with Crippen LogP contribution in [0.1, 0.15) is 107 Å². The Morgan fingerprint density at radius 2 is 0.944 bits per heavy atom. The highest BCUT2D eigenvalue weighted by atomic mass is 16.4. The van der Waals surface area contributed by atoms with E-state index in [1.807, 2.05) is 0 Å². The normalized spacial score (nSPS) is 13.6. The van der Waals surface area contributed by atoms with E-state index in [0.717, 1.165) is 11.1 Å². The summed E-state index contributed by atoms with van der Waals surface area (Å²) in [5, 5.41) is 35.8. The standard InChI is InChI=1S/C11H16O4.C9H12O4.2C4H10/c1-7(2)5-11(9(12)13,10(14)15)6-8(3)4;1-5-3-9(7(10)11,8(12)13)4-6(5)2;2*1-3-4-2/h1,3,5-6H2,2,4H3,(H,12,13)(H,14,15);3-4H2,1-2H3,(H,10,11)(H,12,13);2*3-4H2,1-2H3. The van der Waals surface area contributed by atoms with Crippen molar-refractivity contribution in [1.29, 1.82) is 0 Å². The second-order valence-electron chi connectivity index (χ2n) is 9.57. The molecule has 0 aromatic heterocycles. The lowest BCUT2D eigenvalue weighted by Gasteiger charge is -2.25. The fraction of sp³-hybridized carbons (Fsp3) is 0.643. The van der Waals surface area contributed by atoms with Crippen LogP contribution in [-0.2, 0) is 19.2 Å². The number of hydrogen-bond acceptors (Lipinski definition) is 4. The number of carboxylic acids is 4. The Bertz CT molecular complexity index is 734. The van der Waals surface area contributed by atoms with Crippen LogP contribution in [0.3, 0.4) is 0 Å². The molecule has 4 N–H and O–H groups in total. The van der Waals surface area contributed by atoms with E-state index in [2.05, 4.69) is 40.9 Å². The van der Waals surface area contributed by atoms with Gasteiger partial charge in [0.2, 0.25) is 0 Å². The largest absolute Gasteiger partial charge is 0.480 e. The molecule has 0 bridgehead atoms. The molecule has 208 valence electrons. The summed E-state index contributed by atoms with van der Waals surface area (Å²) in [6, 6.07) is 0. The number of carbonyl (C=O) groups is 4. The monoisotopic (exact) mass is 512 g/mol. The van der Waals surface area contributed by atoms with Crippen molar-refractivity contribution in [3.63, 3.8) is 0 Å². The van der Waals surface area contributed by atoms with Crippen LogP contribution in [0.5, 0.6) is 0 Å². The van der Waals surface area contributed by atoms with Crippen molar-refractivity contribution in [1.82, 2.24) is 0 Å². The van der Waals surface area contributed by atoms with Gasteiger partial charge in [-0.3, -0.25) is 19.2 Å². The molecule has 0 aromatic carbocycles. The molecule has 36 heavy (non-hydrogen) atoms. The molecule has 0 aliphatic heterocycles. The molecule has 0 heterocycles. The van der Waals surface area contributed by atoms with Crippen LogP contribution in [0, 0.1) is 10.8 Å². The Hall–Kier alpha value is -2.90. The van der Waals surface area contributed by atoms with Gasteiger partial charge in [0.25, 0.3) is 0 Å². The number of carboxylic acid groups (broad SMARTS) is 4. The van der Waals surface area contributed by atoms with E-state index in [0.29, 0.717) is 11.1 Å². The fourth-order valence-corrected chi connectivity index (χ4v) is 3.15. The first-order valence-corrected chi connectivity index (χ1v) is 12.3. The second kappa shape index (κ2) is 18.4. The first-order valence-electron chi connectivity index (χ1n) is 12.3. The minimum Gasteiger partial charge on any atom is -0.480 e. The van der Waals surface area contributed by atoms with Crippen molar-refractivity contribution in [2.45, 2.75) is 107 Å². The van der Waals surface area contributed by atoms with Crippen LogP contribution in [0.25, 0.3) is 0 Å². The lowest BCUT2D eigenvalue weighted by Crippen LogP contribution is -2.39. The Kier molecular flexibility index (Phi) is 19.2. The van der Waals surface area contributed by atoms with Crippen LogP contribution in [-0.4, -0.2) is 44.3 Å². The molecule has 0 saturated carbocycles. The van der Waals surface area contributed by atoms with Gasteiger partial charge in [-0.15, -0.1) is 13.2 Å². The molecule has 8 heteroatoms. The molecule has 1 aliphatic rings. The molecule has 1 rings (SSSR count). The number of hydrogen-bond donors (Lipinski definition) is 4. The quantitative estimate of drug-likeness (QED) is 0.181. The molecule has 0 saturated heterocycles. The molecular formula is C28H48O8. The Balaban J connectivity index is -0.000000468. The predicted molar refractivity (Wildman–Crippen MR) is 143 cm³/mol. The van der Waals surface area contributed by atoms with E-state index in [4.69, 9.17) is 20.4 Å². The molecule has 0 atom stereocenters. The van der Waals surface area contributed by atoms with Crippen LogP contribution in [0.4, 0.5) is 0 Å². The van der Waals surface area contributed by atoms with Crippen LogP contribution in [0.2, 0.25) is 0 Å². The molecule has 0 aromatic rings. The minimum atomic E-state index is -1.82. The maximum absolute atomic E-state index is 11.1. The maximum Gasteiger partial charge on any atom is 0.321 e. The summed E-state index contributed by atoms with van der Waals surface area (Å²) >= 11 is 0.